The molecule has 9 heteroatoms. The molecular formula is C21H22ClN5O2S. The summed E-state index contributed by atoms with van der Waals surface area (Å²) in [6.07, 6.45) is 0. The SMILES string of the molecule is COc1ccc(Nc2cc(C)nc(N3CCN(C(=O)c4ccc(Cl)s4)CC3)n2)cc1. The summed E-state index contributed by atoms with van der Waals surface area (Å²) in [6.45, 7) is 4.54. The molecule has 3 heterocycles. The summed E-state index contributed by atoms with van der Waals surface area (Å²) < 4.78 is 5.82. The van der Waals surface area contributed by atoms with Crippen molar-refractivity contribution in [1.82, 2.24) is 14.9 Å². The van der Waals surface area contributed by atoms with Crippen LogP contribution in [0.1, 0.15) is 15.4 Å². The van der Waals surface area contributed by atoms with E-state index in [1.54, 1.807) is 19.2 Å². The van der Waals surface area contributed by atoms with Crippen molar-refractivity contribution >= 4 is 46.3 Å². The zero-order chi connectivity index (χ0) is 21.1. The maximum Gasteiger partial charge on any atom is 0.264 e. The number of carbonyl (C=O) groups is 1. The molecule has 156 valence electrons. The second-order valence-corrected chi connectivity index (χ2v) is 8.65. The number of anilines is 3. The van der Waals surface area contributed by atoms with Gasteiger partial charge in [0.05, 0.1) is 16.3 Å². The molecule has 0 spiro atoms. The molecule has 3 aromatic rings. The normalized spacial score (nSPS) is 14.0. The van der Waals surface area contributed by atoms with Gasteiger partial charge in [0.1, 0.15) is 11.6 Å². The van der Waals surface area contributed by atoms with Crippen LogP contribution in [0.3, 0.4) is 0 Å². The predicted molar refractivity (Wildman–Crippen MR) is 120 cm³/mol. The quantitative estimate of drug-likeness (QED) is 0.636. The van der Waals surface area contributed by atoms with Crippen molar-refractivity contribution in [2.45, 2.75) is 6.92 Å². The molecule has 1 fully saturated rings. The lowest BCUT2D eigenvalue weighted by Crippen LogP contribution is -2.49. The first kappa shape index (κ1) is 20.4. The molecule has 30 heavy (non-hydrogen) atoms. The Morgan fingerprint density at radius 2 is 1.83 bits per heavy atom. The van der Waals surface area contributed by atoms with E-state index in [2.05, 4.69) is 20.2 Å². The Balaban J connectivity index is 1.42. The second-order valence-electron chi connectivity index (χ2n) is 6.93. The molecule has 1 aliphatic rings. The highest BCUT2D eigenvalue weighted by molar-refractivity contribution is 7.17. The molecule has 4 rings (SSSR count). The monoisotopic (exact) mass is 443 g/mol. The first-order valence-corrected chi connectivity index (χ1v) is 10.8. The molecule has 0 atom stereocenters. The van der Waals surface area contributed by atoms with Crippen LogP contribution >= 0.6 is 22.9 Å². The van der Waals surface area contributed by atoms with Gasteiger partial charge in [-0.2, -0.15) is 4.98 Å². The molecule has 1 saturated heterocycles. The van der Waals surface area contributed by atoms with Crippen molar-refractivity contribution in [2.75, 3.05) is 43.5 Å². The maximum absolute atomic E-state index is 12.6. The van der Waals surface area contributed by atoms with Crippen molar-refractivity contribution in [1.29, 1.82) is 0 Å². The van der Waals surface area contributed by atoms with Crippen molar-refractivity contribution in [2.24, 2.45) is 0 Å². The van der Waals surface area contributed by atoms with Crippen LogP contribution < -0.4 is 15.0 Å². The van der Waals surface area contributed by atoms with Crippen molar-refractivity contribution in [3.63, 3.8) is 0 Å². The van der Waals surface area contributed by atoms with Crippen LogP contribution in [0.2, 0.25) is 4.34 Å². The van der Waals surface area contributed by atoms with Crippen LogP contribution in [0.15, 0.2) is 42.5 Å². The Kier molecular flexibility index (Phi) is 6.06. The maximum atomic E-state index is 12.6. The van der Waals surface area contributed by atoms with Gasteiger partial charge in [0.15, 0.2) is 0 Å². The number of thiophene rings is 1. The Morgan fingerprint density at radius 3 is 2.47 bits per heavy atom. The van der Waals surface area contributed by atoms with E-state index in [-0.39, 0.29) is 5.91 Å². The van der Waals surface area contributed by atoms with Gasteiger partial charge < -0.3 is 19.9 Å². The molecule has 1 aromatic carbocycles. The number of halogens is 1. The number of benzene rings is 1. The summed E-state index contributed by atoms with van der Waals surface area (Å²) in [5.41, 5.74) is 1.80. The minimum atomic E-state index is 0.0265. The highest BCUT2D eigenvalue weighted by Gasteiger charge is 2.24. The standard InChI is InChI=1S/C21H22ClN5O2S/c1-14-13-19(24-15-3-5-16(29-2)6-4-15)25-21(23-14)27-11-9-26(10-12-27)20(28)17-7-8-18(22)30-17/h3-8,13H,9-12H2,1-2H3,(H,23,24,25). The van der Waals surface area contributed by atoms with E-state index < -0.39 is 0 Å². The summed E-state index contributed by atoms with van der Waals surface area (Å²) in [5.74, 6) is 2.22. The van der Waals surface area contributed by atoms with Crippen molar-refractivity contribution in [3.8, 4) is 5.75 Å². The number of hydrogen-bond acceptors (Lipinski definition) is 7. The fourth-order valence-electron chi connectivity index (χ4n) is 3.28. The van der Waals surface area contributed by atoms with Gasteiger partial charge in [0, 0.05) is 43.6 Å². The average molecular weight is 444 g/mol. The van der Waals surface area contributed by atoms with Gasteiger partial charge in [-0.05, 0) is 43.3 Å². The molecule has 1 aliphatic heterocycles. The third-order valence-corrected chi connectivity index (χ3v) is 6.06. The lowest BCUT2D eigenvalue weighted by Gasteiger charge is -2.34. The largest absolute Gasteiger partial charge is 0.497 e. The Bertz CT molecular complexity index is 1030. The number of rotatable bonds is 5. The topological polar surface area (TPSA) is 70.6 Å². The van der Waals surface area contributed by atoms with E-state index in [9.17, 15) is 4.79 Å². The minimum absolute atomic E-state index is 0.0265. The van der Waals surface area contributed by atoms with Crippen LogP contribution in [-0.2, 0) is 0 Å². The van der Waals surface area contributed by atoms with Crippen LogP contribution in [0.4, 0.5) is 17.5 Å². The predicted octanol–water partition coefficient (Wildman–Crippen LogP) is 4.21. The average Bonchev–Trinajstić information content (AvgIpc) is 3.20. The number of ether oxygens (including phenoxy) is 1. The summed E-state index contributed by atoms with van der Waals surface area (Å²) in [7, 11) is 1.64. The van der Waals surface area contributed by atoms with Crippen molar-refractivity contribution < 1.29 is 9.53 Å². The smallest absolute Gasteiger partial charge is 0.264 e. The van der Waals surface area contributed by atoms with E-state index in [0.717, 1.165) is 22.9 Å². The third kappa shape index (κ3) is 4.66. The third-order valence-electron chi connectivity index (χ3n) is 4.84. The number of hydrogen-bond donors (Lipinski definition) is 1. The molecule has 0 radical (unpaired) electrons. The van der Waals surface area contributed by atoms with E-state index in [0.29, 0.717) is 41.3 Å². The number of nitrogens with zero attached hydrogens (tertiary/aromatic N) is 4. The highest BCUT2D eigenvalue weighted by Crippen LogP contribution is 2.24. The molecule has 0 unspecified atom stereocenters. The number of aromatic nitrogens is 2. The first-order chi connectivity index (χ1) is 14.5. The second kappa shape index (κ2) is 8.89. The number of aryl methyl sites for hydroxylation is 1. The van der Waals surface area contributed by atoms with E-state index >= 15 is 0 Å². The zero-order valence-electron chi connectivity index (χ0n) is 16.8. The van der Waals surface area contributed by atoms with Gasteiger partial charge in [0.2, 0.25) is 5.95 Å². The molecule has 0 aliphatic carbocycles. The van der Waals surface area contributed by atoms with Crippen molar-refractivity contribution in [3.05, 3.63) is 57.4 Å². The minimum Gasteiger partial charge on any atom is -0.497 e. The molecule has 1 N–H and O–H groups in total. The van der Waals surface area contributed by atoms with Gasteiger partial charge >= 0.3 is 0 Å². The Labute approximate surface area is 184 Å². The summed E-state index contributed by atoms with van der Waals surface area (Å²) in [4.78, 5) is 26.5. The highest BCUT2D eigenvalue weighted by atomic mass is 35.5. The number of methoxy groups -OCH3 is 1. The lowest BCUT2D eigenvalue weighted by molar-refractivity contribution is 0.0751. The fraction of sp³-hybridized carbons (Fsp3) is 0.286. The summed E-state index contributed by atoms with van der Waals surface area (Å²) >= 11 is 7.27. The van der Waals surface area contributed by atoms with E-state index in [4.69, 9.17) is 16.3 Å². The first-order valence-electron chi connectivity index (χ1n) is 9.58. The Morgan fingerprint density at radius 1 is 1.10 bits per heavy atom. The molecule has 0 saturated carbocycles. The van der Waals surface area contributed by atoms with Gasteiger partial charge in [0.25, 0.3) is 5.91 Å². The summed E-state index contributed by atoms with van der Waals surface area (Å²) in [5, 5.41) is 3.32. The van der Waals surface area contributed by atoms with Gasteiger partial charge in [-0.15, -0.1) is 11.3 Å². The number of piperazine rings is 1. The summed E-state index contributed by atoms with van der Waals surface area (Å²) in [6, 6.07) is 13.1. The molecule has 1 amide bonds. The number of nitrogens with one attached hydrogen (secondary N) is 1. The van der Waals surface area contributed by atoms with Crippen LogP contribution in [0, 0.1) is 6.92 Å². The Hall–Kier alpha value is -2.84. The van der Waals surface area contributed by atoms with Gasteiger partial charge in [-0.3, -0.25) is 4.79 Å². The lowest BCUT2D eigenvalue weighted by atomic mass is 10.3. The van der Waals surface area contributed by atoms with Gasteiger partial charge in [-0.1, -0.05) is 11.6 Å². The van der Waals surface area contributed by atoms with Crippen LogP contribution in [-0.4, -0.2) is 54.1 Å². The van der Waals surface area contributed by atoms with Crippen LogP contribution in [0.5, 0.6) is 5.75 Å². The molecule has 0 bridgehead atoms. The molecular weight excluding hydrogens is 422 g/mol. The fourth-order valence-corrected chi connectivity index (χ4v) is 4.29. The van der Waals surface area contributed by atoms with Gasteiger partial charge in [-0.25, -0.2) is 4.98 Å². The van der Waals surface area contributed by atoms with E-state index in [1.165, 1.54) is 11.3 Å². The van der Waals surface area contributed by atoms with Crippen LogP contribution in [0.25, 0.3) is 0 Å². The number of carbonyl (C=O) groups excluding carboxylic acids is 1. The van der Waals surface area contributed by atoms with E-state index in [1.807, 2.05) is 42.2 Å². The number of amides is 1. The molecule has 7 nitrogen and oxygen atoms in total. The molecule has 2 aromatic heterocycles. The zero-order valence-corrected chi connectivity index (χ0v) is 18.3.